The summed E-state index contributed by atoms with van der Waals surface area (Å²) in [5.41, 5.74) is 13.6. The van der Waals surface area contributed by atoms with Crippen LogP contribution in [-0.2, 0) is 5.41 Å². The summed E-state index contributed by atoms with van der Waals surface area (Å²) in [4.78, 5) is 10.5. The van der Waals surface area contributed by atoms with E-state index in [1.165, 1.54) is 53.6 Å². The van der Waals surface area contributed by atoms with Gasteiger partial charge in [-0.2, -0.15) is 0 Å². The molecule has 1 atom stereocenters. The van der Waals surface area contributed by atoms with Crippen molar-refractivity contribution in [3.05, 3.63) is 193 Å². The highest BCUT2D eigenvalue weighted by atomic mass is 32.1. The van der Waals surface area contributed by atoms with E-state index in [-0.39, 0.29) is 5.41 Å². The Labute approximate surface area is 301 Å². The van der Waals surface area contributed by atoms with Gasteiger partial charge in [-0.25, -0.2) is 9.97 Å². The van der Waals surface area contributed by atoms with E-state index in [1.54, 1.807) is 0 Å². The number of fused-ring (bicyclic) bond motifs is 6. The number of aromatic nitrogens is 2. The van der Waals surface area contributed by atoms with Gasteiger partial charge in [0, 0.05) is 42.3 Å². The fourth-order valence-corrected chi connectivity index (χ4v) is 9.26. The number of hydrogen-bond donors (Lipinski definition) is 0. The molecule has 10 rings (SSSR count). The van der Waals surface area contributed by atoms with Crippen LogP contribution in [0.3, 0.4) is 0 Å². The molecule has 1 aliphatic carbocycles. The molecule has 0 amide bonds. The van der Waals surface area contributed by atoms with E-state index >= 15 is 0 Å². The average Bonchev–Trinajstić information content (AvgIpc) is 3.71. The van der Waals surface area contributed by atoms with Crippen LogP contribution in [0.1, 0.15) is 23.6 Å². The number of benzene rings is 7. The highest BCUT2D eigenvalue weighted by molar-refractivity contribution is 7.25. The summed E-state index contributed by atoms with van der Waals surface area (Å²) in [6.45, 7) is 2.38. The Morgan fingerprint density at radius 2 is 1.04 bits per heavy atom. The van der Waals surface area contributed by atoms with E-state index in [0.29, 0.717) is 0 Å². The first-order valence-corrected chi connectivity index (χ1v) is 18.2. The maximum absolute atomic E-state index is 5.29. The van der Waals surface area contributed by atoms with E-state index in [4.69, 9.17) is 9.97 Å². The van der Waals surface area contributed by atoms with Crippen molar-refractivity contribution in [2.75, 3.05) is 0 Å². The van der Waals surface area contributed by atoms with Gasteiger partial charge in [0.2, 0.25) is 0 Å². The monoisotopic (exact) mass is 668 g/mol. The van der Waals surface area contributed by atoms with Crippen LogP contribution >= 0.6 is 11.3 Å². The van der Waals surface area contributed by atoms with E-state index in [1.807, 2.05) is 17.4 Å². The second-order valence-corrected chi connectivity index (χ2v) is 14.5. The second kappa shape index (κ2) is 11.7. The standard InChI is InChI=1S/C48H32N2S/c1-48(33-17-6-3-7-18-33)40-24-12-10-20-35(40)36-28-27-32(29-41(36)48)34-19-8-9-21-37(34)42-30-43(50-47(49-42)31-15-4-2-5-16-31)38-23-14-26-45-46(38)39-22-11-13-25-44(39)51-45/h2-30H,1H3. The molecule has 0 fully saturated rings. The van der Waals surface area contributed by atoms with Crippen molar-refractivity contribution < 1.29 is 0 Å². The molecule has 0 N–H and O–H groups in total. The Kier molecular flexibility index (Phi) is 6.83. The van der Waals surface area contributed by atoms with Gasteiger partial charge in [0.15, 0.2) is 5.82 Å². The summed E-state index contributed by atoms with van der Waals surface area (Å²) < 4.78 is 2.54. The molecule has 2 nitrogen and oxygen atoms in total. The molecule has 0 aliphatic heterocycles. The van der Waals surface area contributed by atoms with E-state index in [0.717, 1.165) is 39.5 Å². The van der Waals surface area contributed by atoms with Gasteiger partial charge in [0.1, 0.15) is 0 Å². The quantitative estimate of drug-likeness (QED) is 0.182. The van der Waals surface area contributed by atoms with Crippen LogP contribution < -0.4 is 0 Å². The first kappa shape index (κ1) is 29.7. The molecule has 3 heteroatoms. The normalized spacial score (nSPS) is 14.8. The third kappa shape index (κ3) is 4.70. The molecule has 0 radical (unpaired) electrons. The fraction of sp³-hybridized carbons (Fsp3) is 0.0417. The van der Waals surface area contributed by atoms with Crippen molar-refractivity contribution in [1.29, 1.82) is 0 Å². The highest BCUT2D eigenvalue weighted by Gasteiger charge is 2.40. The van der Waals surface area contributed by atoms with Crippen LogP contribution in [0, 0.1) is 0 Å². The Hall–Kier alpha value is -6.16. The predicted molar refractivity (Wildman–Crippen MR) is 214 cm³/mol. The molecule has 7 aromatic carbocycles. The van der Waals surface area contributed by atoms with Crippen LogP contribution in [0.4, 0.5) is 0 Å². The Morgan fingerprint density at radius 3 is 1.86 bits per heavy atom. The lowest BCUT2D eigenvalue weighted by molar-refractivity contribution is 0.714. The first-order chi connectivity index (χ1) is 25.2. The summed E-state index contributed by atoms with van der Waals surface area (Å²) in [6, 6.07) is 63.3. The minimum Gasteiger partial charge on any atom is -0.228 e. The maximum atomic E-state index is 5.29. The molecule has 1 aliphatic rings. The minimum absolute atomic E-state index is 0.275. The SMILES string of the molecule is CC1(c2ccccc2)c2ccccc2-c2ccc(-c3ccccc3-c3cc(-c4cccc5sc6ccccc6c45)nc(-c4ccccc4)n3)cc21. The van der Waals surface area contributed by atoms with Crippen molar-refractivity contribution in [1.82, 2.24) is 9.97 Å². The summed E-state index contributed by atoms with van der Waals surface area (Å²) in [6.07, 6.45) is 0. The zero-order chi connectivity index (χ0) is 33.9. The summed E-state index contributed by atoms with van der Waals surface area (Å²) >= 11 is 1.83. The molecule has 240 valence electrons. The molecular formula is C48H32N2S. The van der Waals surface area contributed by atoms with Crippen molar-refractivity contribution in [3.8, 4) is 56.2 Å². The van der Waals surface area contributed by atoms with Gasteiger partial charge < -0.3 is 0 Å². The molecule has 0 spiro atoms. The summed E-state index contributed by atoms with van der Waals surface area (Å²) in [5.74, 6) is 0.718. The molecule has 0 saturated heterocycles. The zero-order valence-electron chi connectivity index (χ0n) is 28.0. The third-order valence-electron chi connectivity index (χ3n) is 10.6. The van der Waals surface area contributed by atoms with Crippen molar-refractivity contribution >= 4 is 31.5 Å². The third-order valence-corrected chi connectivity index (χ3v) is 11.8. The smallest absolute Gasteiger partial charge is 0.160 e. The maximum Gasteiger partial charge on any atom is 0.160 e. The molecule has 1 unspecified atom stereocenters. The van der Waals surface area contributed by atoms with Gasteiger partial charge in [-0.15, -0.1) is 11.3 Å². The van der Waals surface area contributed by atoms with E-state index in [9.17, 15) is 0 Å². The van der Waals surface area contributed by atoms with Crippen molar-refractivity contribution in [2.45, 2.75) is 12.3 Å². The lowest BCUT2D eigenvalue weighted by Crippen LogP contribution is -2.22. The van der Waals surface area contributed by atoms with Gasteiger partial charge in [-0.1, -0.05) is 152 Å². The van der Waals surface area contributed by atoms with Crippen molar-refractivity contribution in [2.24, 2.45) is 0 Å². The van der Waals surface area contributed by atoms with Gasteiger partial charge in [0.25, 0.3) is 0 Å². The Morgan fingerprint density at radius 1 is 0.431 bits per heavy atom. The van der Waals surface area contributed by atoms with Crippen LogP contribution in [-0.4, -0.2) is 9.97 Å². The molecule has 0 saturated carbocycles. The van der Waals surface area contributed by atoms with Crippen molar-refractivity contribution in [3.63, 3.8) is 0 Å². The first-order valence-electron chi connectivity index (χ1n) is 17.4. The number of thiophene rings is 1. The average molecular weight is 669 g/mol. The van der Waals surface area contributed by atoms with E-state index in [2.05, 4.69) is 177 Å². The largest absolute Gasteiger partial charge is 0.228 e. The number of nitrogens with zero attached hydrogens (tertiary/aromatic N) is 2. The number of hydrogen-bond acceptors (Lipinski definition) is 3. The van der Waals surface area contributed by atoms with Gasteiger partial charge in [-0.05, 0) is 70.1 Å². The van der Waals surface area contributed by atoms with E-state index < -0.39 is 0 Å². The highest BCUT2D eigenvalue weighted by Crippen LogP contribution is 2.53. The topological polar surface area (TPSA) is 25.8 Å². The summed E-state index contributed by atoms with van der Waals surface area (Å²) in [5, 5.41) is 2.50. The van der Waals surface area contributed by atoms with Crippen LogP contribution in [0.25, 0.3) is 76.3 Å². The summed E-state index contributed by atoms with van der Waals surface area (Å²) in [7, 11) is 0. The second-order valence-electron chi connectivity index (χ2n) is 13.4. The lowest BCUT2D eigenvalue weighted by atomic mass is 9.74. The molecule has 9 aromatic rings. The number of rotatable bonds is 5. The predicted octanol–water partition coefficient (Wildman–Crippen LogP) is 12.8. The molecule has 0 bridgehead atoms. The Balaban J connectivity index is 1.19. The van der Waals surface area contributed by atoms with Crippen LogP contribution in [0.5, 0.6) is 0 Å². The van der Waals surface area contributed by atoms with Gasteiger partial charge >= 0.3 is 0 Å². The molecule has 2 heterocycles. The molecule has 2 aromatic heterocycles. The lowest BCUT2D eigenvalue weighted by Gasteiger charge is -2.28. The fourth-order valence-electron chi connectivity index (χ4n) is 8.13. The minimum atomic E-state index is -0.275. The molecular weight excluding hydrogens is 637 g/mol. The van der Waals surface area contributed by atoms with Gasteiger partial charge in [-0.3, -0.25) is 0 Å². The zero-order valence-corrected chi connectivity index (χ0v) is 28.9. The van der Waals surface area contributed by atoms with Gasteiger partial charge in [0.05, 0.1) is 11.4 Å². The van der Waals surface area contributed by atoms with Crippen LogP contribution in [0.2, 0.25) is 0 Å². The molecule has 51 heavy (non-hydrogen) atoms. The van der Waals surface area contributed by atoms with Crippen LogP contribution in [0.15, 0.2) is 176 Å². The Bertz CT molecular complexity index is 2760.